The van der Waals surface area contributed by atoms with Gasteiger partial charge in [-0.25, -0.2) is 4.79 Å². The van der Waals surface area contributed by atoms with Gasteiger partial charge in [0.05, 0.1) is 18.7 Å². The molecule has 0 unspecified atom stereocenters. The minimum Gasteiger partial charge on any atom is -0.450 e. The lowest BCUT2D eigenvalue weighted by molar-refractivity contribution is 0.0634. The van der Waals surface area contributed by atoms with Crippen molar-refractivity contribution in [3.8, 4) is 0 Å². The summed E-state index contributed by atoms with van der Waals surface area (Å²) in [5, 5.41) is 0. The van der Waals surface area contributed by atoms with Crippen molar-refractivity contribution < 1.29 is 9.53 Å². The molecule has 22 heavy (non-hydrogen) atoms. The molecule has 1 amide bonds. The van der Waals surface area contributed by atoms with Gasteiger partial charge in [0.15, 0.2) is 0 Å². The molecule has 114 valence electrons. The Hall–Kier alpha value is -2.03. The molecule has 0 N–H and O–H groups in total. The molecular formula is C19H21NO2. The molecule has 1 heterocycles. The Bertz CT molecular complexity index is 613. The van der Waals surface area contributed by atoms with Crippen molar-refractivity contribution in [1.29, 1.82) is 0 Å². The van der Waals surface area contributed by atoms with Crippen molar-refractivity contribution >= 4 is 6.09 Å². The zero-order valence-corrected chi connectivity index (χ0v) is 12.7. The van der Waals surface area contributed by atoms with E-state index in [1.807, 2.05) is 11.8 Å². The fourth-order valence-corrected chi connectivity index (χ4v) is 4.32. The first-order chi connectivity index (χ1) is 10.8. The highest BCUT2D eigenvalue weighted by Gasteiger charge is 2.63. The number of hydrogen-bond donors (Lipinski definition) is 0. The van der Waals surface area contributed by atoms with Crippen LogP contribution in [0.3, 0.4) is 0 Å². The van der Waals surface area contributed by atoms with Crippen LogP contribution in [0.25, 0.3) is 0 Å². The van der Waals surface area contributed by atoms with Gasteiger partial charge in [0, 0.05) is 0 Å². The molecule has 0 aromatic carbocycles. The molecule has 0 bridgehead atoms. The normalized spacial score (nSPS) is 47.6. The van der Waals surface area contributed by atoms with Gasteiger partial charge in [0.1, 0.15) is 0 Å². The molecule has 0 spiro atoms. The van der Waals surface area contributed by atoms with Gasteiger partial charge < -0.3 is 4.74 Å². The molecule has 0 aromatic heterocycles. The second-order valence-electron chi connectivity index (χ2n) is 6.32. The summed E-state index contributed by atoms with van der Waals surface area (Å²) < 4.78 is 5.22. The van der Waals surface area contributed by atoms with E-state index in [9.17, 15) is 4.79 Å². The van der Waals surface area contributed by atoms with Crippen molar-refractivity contribution in [3.63, 3.8) is 0 Å². The van der Waals surface area contributed by atoms with Gasteiger partial charge in [0.25, 0.3) is 0 Å². The number of fused-ring (bicyclic) bond motifs is 6. The van der Waals surface area contributed by atoms with Crippen LogP contribution < -0.4 is 0 Å². The smallest absolute Gasteiger partial charge is 0.410 e. The lowest BCUT2D eigenvalue weighted by atomic mass is 9.54. The van der Waals surface area contributed by atoms with Crippen LogP contribution in [0.15, 0.2) is 60.8 Å². The van der Waals surface area contributed by atoms with Gasteiger partial charge >= 0.3 is 6.09 Å². The third-order valence-electron chi connectivity index (χ3n) is 5.31. The second kappa shape index (κ2) is 5.31. The van der Waals surface area contributed by atoms with Crippen LogP contribution in [0.4, 0.5) is 4.79 Å². The lowest BCUT2D eigenvalue weighted by Crippen LogP contribution is -2.48. The van der Waals surface area contributed by atoms with E-state index in [4.69, 9.17) is 4.74 Å². The topological polar surface area (TPSA) is 29.3 Å². The highest BCUT2D eigenvalue weighted by Crippen LogP contribution is 2.57. The summed E-state index contributed by atoms with van der Waals surface area (Å²) in [5.41, 5.74) is 0. The van der Waals surface area contributed by atoms with Gasteiger partial charge in [-0.1, -0.05) is 60.8 Å². The summed E-state index contributed by atoms with van der Waals surface area (Å²) in [4.78, 5) is 14.1. The summed E-state index contributed by atoms with van der Waals surface area (Å²) in [6.45, 7) is 2.29. The minimum atomic E-state index is -0.170. The Labute approximate surface area is 131 Å². The van der Waals surface area contributed by atoms with E-state index in [0.29, 0.717) is 30.3 Å². The highest BCUT2D eigenvalue weighted by molar-refractivity contribution is 5.73. The maximum Gasteiger partial charge on any atom is 0.410 e. The number of ether oxygens (including phenoxy) is 1. The summed E-state index contributed by atoms with van der Waals surface area (Å²) in [6, 6.07) is 0.490. The average molecular weight is 295 g/mol. The Morgan fingerprint density at radius 2 is 1.50 bits per heavy atom. The molecule has 0 aromatic rings. The van der Waals surface area contributed by atoms with Crippen LogP contribution in [-0.4, -0.2) is 29.7 Å². The highest BCUT2D eigenvalue weighted by atomic mass is 16.6. The largest absolute Gasteiger partial charge is 0.450 e. The Balaban J connectivity index is 1.62. The Kier molecular flexibility index (Phi) is 3.29. The summed E-state index contributed by atoms with van der Waals surface area (Å²) in [5.74, 6) is 2.05. The molecule has 6 atom stereocenters. The SMILES string of the molecule is CCOC(=O)N1[C@H]2[C@@H]3[C@@H]4\C=C/C=C\C=C/[C@@H]4[C@@H]3/C=C\C=C/[C@H]21. The second-order valence-corrected chi connectivity index (χ2v) is 6.32. The average Bonchev–Trinajstić information content (AvgIpc) is 3.15. The first kappa shape index (κ1) is 13.6. The number of carbonyl (C=O) groups is 1. The predicted molar refractivity (Wildman–Crippen MR) is 86.1 cm³/mol. The molecule has 0 radical (unpaired) electrons. The first-order valence-electron chi connectivity index (χ1n) is 8.14. The summed E-state index contributed by atoms with van der Waals surface area (Å²) >= 11 is 0. The van der Waals surface area contributed by atoms with E-state index in [1.165, 1.54) is 0 Å². The van der Waals surface area contributed by atoms with Crippen LogP contribution in [0.1, 0.15) is 6.92 Å². The third kappa shape index (κ3) is 1.99. The quantitative estimate of drug-likeness (QED) is 0.693. The Morgan fingerprint density at radius 1 is 0.909 bits per heavy atom. The van der Waals surface area contributed by atoms with Gasteiger partial charge in [-0.15, -0.1) is 0 Å². The molecule has 3 aliphatic carbocycles. The van der Waals surface area contributed by atoms with E-state index in [2.05, 4.69) is 60.8 Å². The van der Waals surface area contributed by atoms with E-state index in [0.717, 1.165) is 0 Å². The molecule has 3 heteroatoms. The van der Waals surface area contributed by atoms with Crippen LogP contribution in [0.2, 0.25) is 0 Å². The van der Waals surface area contributed by atoms with E-state index < -0.39 is 0 Å². The standard InChI is InChI=1S/C19H21NO2/c1-2-22-19(21)20-16-12-8-7-11-15-13-9-5-3-4-6-10-14(13)17(15)18(16)20/h3-18H,2H2,1H3/b4-3-,9-5-,10-6-,11-7-,12-8-/t13-,14+,15-,16+,17+,18+,20?/m0/s1. The molecule has 3 nitrogen and oxygen atoms in total. The first-order valence-corrected chi connectivity index (χ1v) is 8.14. The molecule has 1 aliphatic heterocycles. The number of carbonyl (C=O) groups excluding carboxylic acids is 1. The van der Waals surface area contributed by atoms with Crippen molar-refractivity contribution in [1.82, 2.24) is 4.90 Å². The summed E-state index contributed by atoms with van der Waals surface area (Å²) in [6.07, 6.45) is 21.5. The molecular weight excluding hydrogens is 274 g/mol. The van der Waals surface area contributed by atoms with E-state index in [1.54, 1.807) is 0 Å². The van der Waals surface area contributed by atoms with E-state index >= 15 is 0 Å². The van der Waals surface area contributed by atoms with Crippen molar-refractivity contribution in [2.45, 2.75) is 19.0 Å². The van der Waals surface area contributed by atoms with Crippen LogP contribution in [-0.2, 0) is 4.74 Å². The van der Waals surface area contributed by atoms with Crippen LogP contribution >= 0.6 is 0 Å². The maximum absolute atomic E-state index is 12.2. The maximum atomic E-state index is 12.2. The molecule has 1 saturated heterocycles. The van der Waals surface area contributed by atoms with Crippen molar-refractivity contribution in [2.24, 2.45) is 23.7 Å². The van der Waals surface area contributed by atoms with Gasteiger partial charge in [0.2, 0.25) is 0 Å². The van der Waals surface area contributed by atoms with Crippen LogP contribution in [0, 0.1) is 23.7 Å². The van der Waals surface area contributed by atoms with Gasteiger partial charge in [-0.05, 0) is 30.6 Å². The van der Waals surface area contributed by atoms with E-state index in [-0.39, 0.29) is 18.2 Å². The molecule has 4 aliphatic rings. The molecule has 1 saturated carbocycles. The summed E-state index contributed by atoms with van der Waals surface area (Å²) in [7, 11) is 0. The number of allylic oxidation sites excluding steroid dienone is 9. The lowest BCUT2D eigenvalue weighted by Gasteiger charge is -2.49. The number of hydrogen-bond acceptors (Lipinski definition) is 2. The third-order valence-corrected chi connectivity index (χ3v) is 5.31. The number of amides is 1. The number of rotatable bonds is 1. The van der Waals surface area contributed by atoms with Gasteiger partial charge in [-0.2, -0.15) is 0 Å². The Morgan fingerprint density at radius 3 is 2.18 bits per heavy atom. The monoisotopic (exact) mass is 295 g/mol. The number of nitrogens with zero attached hydrogens (tertiary/aromatic N) is 1. The molecule has 4 rings (SSSR count). The predicted octanol–water partition coefficient (Wildman–Crippen LogP) is 3.48. The fraction of sp³-hybridized carbons (Fsp3) is 0.421. The molecule has 2 fully saturated rings. The zero-order valence-electron chi connectivity index (χ0n) is 12.7. The minimum absolute atomic E-state index is 0.170. The van der Waals surface area contributed by atoms with Crippen LogP contribution in [0.5, 0.6) is 0 Å². The zero-order chi connectivity index (χ0) is 15.1. The van der Waals surface area contributed by atoms with Crippen molar-refractivity contribution in [3.05, 3.63) is 60.8 Å². The van der Waals surface area contributed by atoms with Gasteiger partial charge in [-0.3, -0.25) is 4.90 Å². The fourth-order valence-electron chi connectivity index (χ4n) is 4.32. The van der Waals surface area contributed by atoms with Crippen molar-refractivity contribution in [2.75, 3.05) is 6.61 Å².